The molecule has 0 saturated heterocycles. The van der Waals surface area contributed by atoms with Gasteiger partial charge in [-0.1, -0.05) is 12.1 Å². The Labute approximate surface area is 205 Å². The van der Waals surface area contributed by atoms with Crippen LogP contribution in [0.5, 0.6) is 17.2 Å². The van der Waals surface area contributed by atoms with E-state index < -0.39 is 17.9 Å². The van der Waals surface area contributed by atoms with Crippen molar-refractivity contribution >= 4 is 39.9 Å². The highest BCUT2D eigenvalue weighted by Crippen LogP contribution is 2.36. The Morgan fingerprint density at radius 1 is 1.09 bits per heavy atom. The van der Waals surface area contributed by atoms with Gasteiger partial charge in [-0.3, -0.25) is 9.59 Å². The zero-order valence-corrected chi connectivity index (χ0v) is 20.8. The zero-order valence-electron chi connectivity index (χ0n) is 19.2. The minimum Gasteiger partial charge on any atom is -0.497 e. The number of amides is 2. The van der Waals surface area contributed by atoms with Crippen molar-refractivity contribution in [3.63, 3.8) is 0 Å². The normalized spacial score (nSPS) is 11.4. The molecule has 0 aliphatic carbocycles. The number of carbonyl (C=O) groups excluding carboxylic acids is 3. The van der Waals surface area contributed by atoms with Gasteiger partial charge in [0.1, 0.15) is 11.8 Å². The second-order valence-electron chi connectivity index (χ2n) is 6.95. The van der Waals surface area contributed by atoms with Gasteiger partial charge < -0.3 is 24.3 Å². The average Bonchev–Trinajstić information content (AvgIpc) is 2.83. The van der Waals surface area contributed by atoms with Gasteiger partial charge in [0.2, 0.25) is 5.91 Å². The first-order valence-electron chi connectivity index (χ1n) is 10.1. The number of ether oxygens (including phenoxy) is 4. The Balaban J connectivity index is 1.91. The van der Waals surface area contributed by atoms with Crippen molar-refractivity contribution in [2.75, 3.05) is 27.9 Å². The van der Waals surface area contributed by atoms with Crippen molar-refractivity contribution in [1.82, 2.24) is 10.7 Å². The van der Waals surface area contributed by atoms with Crippen molar-refractivity contribution in [2.24, 2.45) is 5.10 Å². The van der Waals surface area contributed by atoms with E-state index in [0.29, 0.717) is 27.3 Å². The third kappa shape index (κ3) is 8.07. The molecule has 1 unspecified atom stereocenters. The van der Waals surface area contributed by atoms with Crippen LogP contribution in [0.2, 0.25) is 0 Å². The van der Waals surface area contributed by atoms with E-state index in [1.165, 1.54) is 20.4 Å². The van der Waals surface area contributed by atoms with Crippen LogP contribution < -0.4 is 25.0 Å². The van der Waals surface area contributed by atoms with Gasteiger partial charge in [0.15, 0.2) is 18.1 Å². The first-order chi connectivity index (χ1) is 16.3. The highest BCUT2D eigenvalue weighted by atomic mass is 79.9. The molecular formula is C23H26BrN3O7. The van der Waals surface area contributed by atoms with Crippen LogP contribution >= 0.6 is 15.9 Å². The van der Waals surface area contributed by atoms with Crippen LogP contribution in [-0.2, 0) is 25.5 Å². The van der Waals surface area contributed by atoms with E-state index in [4.69, 9.17) is 14.2 Å². The van der Waals surface area contributed by atoms with Gasteiger partial charge in [0.25, 0.3) is 5.91 Å². The molecule has 2 aromatic rings. The van der Waals surface area contributed by atoms with Gasteiger partial charge in [0, 0.05) is 0 Å². The monoisotopic (exact) mass is 535 g/mol. The van der Waals surface area contributed by atoms with Crippen LogP contribution in [0.15, 0.2) is 46.0 Å². The zero-order chi connectivity index (χ0) is 25.1. The Bertz CT molecular complexity index is 1040. The van der Waals surface area contributed by atoms with Crippen LogP contribution in [0.3, 0.4) is 0 Å². The van der Waals surface area contributed by atoms with Gasteiger partial charge in [-0.25, -0.2) is 10.2 Å². The van der Waals surface area contributed by atoms with Crippen LogP contribution in [0.4, 0.5) is 0 Å². The standard InChI is InChI=1S/C23H26BrN3O7/c1-14(26-20(28)11-15-5-7-17(31-2)8-6-15)23(30)27-25-12-16-9-18(24)22(19(10-16)32-3)34-13-21(29)33-4/h5-10,12,14H,11,13H2,1-4H3,(H,26,28)(H,27,30). The molecule has 11 heteroatoms. The van der Waals surface area contributed by atoms with Crippen molar-refractivity contribution in [1.29, 1.82) is 0 Å². The van der Waals surface area contributed by atoms with Crippen LogP contribution in [-0.4, -0.2) is 58.0 Å². The molecule has 2 aromatic carbocycles. The van der Waals surface area contributed by atoms with Crippen molar-refractivity contribution in [3.05, 3.63) is 52.0 Å². The molecule has 182 valence electrons. The first kappa shape index (κ1) is 26.7. The van der Waals surface area contributed by atoms with E-state index in [2.05, 4.69) is 36.5 Å². The highest BCUT2D eigenvalue weighted by Gasteiger charge is 2.16. The molecule has 34 heavy (non-hydrogen) atoms. The number of rotatable bonds is 11. The molecule has 2 N–H and O–H groups in total. The van der Waals surface area contributed by atoms with Crippen LogP contribution in [0.25, 0.3) is 0 Å². The highest BCUT2D eigenvalue weighted by molar-refractivity contribution is 9.10. The van der Waals surface area contributed by atoms with Gasteiger partial charge >= 0.3 is 5.97 Å². The Kier molecular flexibility index (Phi) is 10.3. The first-order valence-corrected chi connectivity index (χ1v) is 10.9. The molecule has 0 radical (unpaired) electrons. The van der Waals surface area contributed by atoms with Gasteiger partial charge in [-0.05, 0) is 58.2 Å². The molecule has 2 amide bonds. The van der Waals surface area contributed by atoms with Crippen molar-refractivity contribution < 1.29 is 33.3 Å². The summed E-state index contributed by atoms with van der Waals surface area (Å²) in [4.78, 5) is 35.8. The summed E-state index contributed by atoms with van der Waals surface area (Å²) in [6.45, 7) is 1.28. The number of hydrazone groups is 1. The summed E-state index contributed by atoms with van der Waals surface area (Å²) >= 11 is 3.36. The molecular weight excluding hydrogens is 510 g/mol. The predicted molar refractivity (Wildman–Crippen MR) is 128 cm³/mol. The summed E-state index contributed by atoms with van der Waals surface area (Å²) in [6, 6.07) is 9.59. The number of nitrogens with one attached hydrogen (secondary N) is 2. The van der Waals surface area contributed by atoms with Crippen LogP contribution in [0.1, 0.15) is 18.1 Å². The number of carbonyl (C=O) groups is 3. The minimum absolute atomic E-state index is 0.128. The summed E-state index contributed by atoms with van der Waals surface area (Å²) in [5.41, 5.74) is 3.77. The predicted octanol–water partition coefficient (Wildman–Crippen LogP) is 2.22. The lowest BCUT2D eigenvalue weighted by molar-refractivity contribution is -0.143. The third-order valence-electron chi connectivity index (χ3n) is 4.50. The SMILES string of the molecule is COC(=O)COc1c(Br)cc(C=NNC(=O)C(C)NC(=O)Cc2ccc(OC)cc2)cc1OC. The molecule has 1 atom stereocenters. The lowest BCUT2D eigenvalue weighted by atomic mass is 10.1. The fourth-order valence-electron chi connectivity index (χ4n) is 2.70. The summed E-state index contributed by atoms with van der Waals surface area (Å²) in [5.74, 6) is 0.0548. The summed E-state index contributed by atoms with van der Waals surface area (Å²) in [6.07, 6.45) is 1.53. The van der Waals surface area contributed by atoms with E-state index in [0.717, 1.165) is 5.56 Å². The lowest BCUT2D eigenvalue weighted by Crippen LogP contribution is -2.43. The minimum atomic E-state index is -0.793. The summed E-state index contributed by atoms with van der Waals surface area (Å²) in [5, 5.41) is 6.56. The number of benzene rings is 2. The summed E-state index contributed by atoms with van der Waals surface area (Å²) in [7, 11) is 4.28. The van der Waals surface area contributed by atoms with Gasteiger partial charge in [0.05, 0.1) is 38.4 Å². The molecule has 0 aliphatic rings. The Hall–Kier alpha value is -3.60. The van der Waals surface area contributed by atoms with E-state index in [-0.39, 0.29) is 18.9 Å². The van der Waals surface area contributed by atoms with E-state index in [9.17, 15) is 14.4 Å². The maximum atomic E-state index is 12.3. The van der Waals surface area contributed by atoms with Gasteiger partial charge in [-0.15, -0.1) is 0 Å². The van der Waals surface area contributed by atoms with E-state index in [1.54, 1.807) is 50.4 Å². The summed E-state index contributed by atoms with van der Waals surface area (Å²) < 4.78 is 20.9. The number of hydrogen-bond donors (Lipinski definition) is 2. The van der Waals surface area contributed by atoms with E-state index in [1.807, 2.05) is 0 Å². The second kappa shape index (κ2) is 13.2. The maximum absolute atomic E-state index is 12.3. The third-order valence-corrected chi connectivity index (χ3v) is 5.09. The molecule has 0 aromatic heterocycles. The van der Waals surface area contributed by atoms with Crippen molar-refractivity contribution in [3.8, 4) is 17.2 Å². The number of esters is 1. The van der Waals surface area contributed by atoms with E-state index >= 15 is 0 Å². The molecule has 0 heterocycles. The Morgan fingerprint density at radius 3 is 2.41 bits per heavy atom. The molecule has 10 nitrogen and oxygen atoms in total. The number of nitrogens with zero attached hydrogens (tertiary/aromatic N) is 1. The van der Waals surface area contributed by atoms with Crippen molar-refractivity contribution in [2.45, 2.75) is 19.4 Å². The molecule has 2 rings (SSSR count). The molecule has 0 saturated carbocycles. The molecule has 0 bridgehead atoms. The Morgan fingerprint density at radius 2 is 1.79 bits per heavy atom. The molecule has 0 fully saturated rings. The quantitative estimate of drug-likeness (QED) is 0.256. The maximum Gasteiger partial charge on any atom is 0.343 e. The lowest BCUT2D eigenvalue weighted by Gasteiger charge is -2.13. The fourth-order valence-corrected chi connectivity index (χ4v) is 3.27. The average molecular weight is 536 g/mol. The van der Waals surface area contributed by atoms with Gasteiger partial charge in [-0.2, -0.15) is 5.10 Å². The largest absolute Gasteiger partial charge is 0.497 e. The number of halogens is 1. The molecule has 0 spiro atoms. The smallest absolute Gasteiger partial charge is 0.343 e. The number of hydrogen-bond acceptors (Lipinski definition) is 8. The number of methoxy groups -OCH3 is 3. The molecule has 0 aliphatic heterocycles. The second-order valence-corrected chi connectivity index (χ2v) is 7.80. The van der Waals surface area contributed by atoms with Crippen LogP contribution in [0, 0.1) is 0 Å². The fraction of sp³-hybridized carbons (Fsp3) is 0.304. The topological polar surface area (TPSA) is 125 Å².